The lowest BCUT2D eigenvalue weighted by Crippen LogP contribution is -2.34. The molecule has 1 aliphatic rings. The third kappa shape index (κ3) is 5.45. The molecule has 2 bridgehead atoms. The Hall–Kier alpha value is -3.77. The quantitative estimate of drug-likeness (QED) is 0.270. The van der Waals surface area contributed by atoms with Gasteiger partial charge >= 0.3 is 6.18 Å². The van der Waals surface area contributed by atoms with Gasteiger partial charge in [0.15, 0.2) is 0 Å². The average molecular weight is 594 g/mol. The number of aliphatic hydroxyl groups excluding tert-OH is 1. The number of hydrogen-bond acceptors (Lipinski definition) is 5. The third-order valence-electron chi connectivity index (χ3n) is 7.40. The van der Waals surface area contributed by atoms with Gasteiger partial charge in [-0.15, -0.1) is 0 Å². The van der Waals surface area contributed by atoms with E-state index >= 15 is 4.39 Å². The molecule has 3 aromatic heterocycles. The number of hydrogen-bond donors (Lipinski definition) is 2. The zero-order valence-electron chi connectivity index (χ0n) is 21.8. The molecule has 4 heterocycles. The molecule has 7 nitrogen and oxygen atoms in total. The van der Waals surface area contributed by atoms with Crippen molar-refractivity contribution in [3.63, 3.8) is 0 Å². The molecule has 0 saturated carbocycles. The Morgan fingerprint density at radius 2 is 1.88 bits per heavy atom. The lowest BCUT2D eigenvalue weighted by atomic mass is 9.94. The number of rotatable bonds is 2. The summed E-state index contributed by atoms with van der Waals surface area (Å²) < 4.78 is 74.1. The van der Waals surface area contributed by atoms with Gasteiger partial charge in [-0.3, -0.25) is 14.5 Å². The van der Waals surface area contributed by atoms with Gasteiger partial charge in [0.05, 0.1) is 39.9 Å². The molecule has 0 aliphatic carbocycles. The van der Waals surface area contributed by atoms with Gasteiger partial charge in [0.1, 0.15) is 18.2 Å². The molecule has 0 radical (unpaired) electrons. The van der Waals surface area contributed by atoms with Crippen LogP contribution in [0.15, 0.2) is 59.8 Å². The SMILES string of the molecule is C[C@@H]1C(F)CC[C@H](n2ccc(-c3c(C(F)(F)F)ccc(Cl)c3F)cc2=O)c2cc(ccn2)-c2c(cnn2C)NC1O. The Bertz CT molecular complexity index is 1650. The normalized spacial score (nSPS) is 21.4. The number of nitrogens with zero attached hydrogens (tertiary/aromatic N) is 4. The number of benzene rings is 1. The van der Waals surface area contributed by atoms with E-state index in [9.17, 15) is 27.5 Å². The highest BCUT2D eigenvalue weighted by Gasteiger charge is 2.36. The van der Waals surface area contributed by atoms with Crippen LogP contribution >= 0.6 is 11.6 Å². The number of alkyl halides is 4. The van der Waals surface area contributed by atoms with Crippen LogP contribution in [0.2, 0.25) is 5.02 Å². The lowest BCUT2D eigenvalue weighted by molar-refractivity contribution is -0.137. The highest BCUT2D eigenvalue weighted by molar-refractivity contribution is 6.31. The molecular formula is C28H25ClF5N5O2. The van der Waals surface area contributed by atoms with E-state index in [1.54, 1.807) is 30.8 Å². The Balaban J connectivity index is 1.64. The average Bonchev–Trinajstić information content (AvgIpc) is 3.28. The zero-order chi connectivity index (χ0) is 29.6. The predicted molar refractivity (Wildman–Crippen MR) is 144 cm³/mol. The molecule has 0 fully saturated rings. The van der Waals surface area contributed by atoms with Crippen LogP contribution in [0.5, 0.6) is 0 Å². The minimum absolute atomic E-state index is 0.0638. The van der Waals surface area contributed by atoms with Gasteiger partial charge in [-0.05, 0) is 48.7 Å². The molecule has 0 spiro atoms. The van der Waals surface area contributed by atoms with E-state index in [2.05, 4.69) is 15.4 Å². The van der Waals surface area contributed by atoms with Gasteiger partial charge in [-0.2, -0.15) is 18.3 Å². The summed E-state index contributed by atoms with van der Waals surface area (Å²) >= 11 is 5.78. The highest BCUT2D eigenvalue weighted by atomic mass is 35.5. The van der Waals surface area contributed by atoms with Gasteiger partial charge in [0.2, 0.25) is 0 Å². The Kier molecular flexibility index (Phi) is 7.64. The standard InChI is InChI=1S/C28H25ClF5N5O2/c1-14-19(30)5-6-22(20-11-16(7-9-35-20)26-21(37-27(14)41)13-36-38(26)2)39-10-8-15(12-23(39)40)24-17(28(32,33)34)3-4-18(29)25(24)31/h3-4,7-14,19,22,27,37,41H,5-6H2,1-2H3/t14-,19?,22+,27?/m1/s1. The summed E-state index contributed by atoms with van der Waals surface area (Å²) in [6, 6.07) is 6.15. The number of halogens is 6. The molecule has 13 heteroatoms. The molecule has 5 rings (SSSR count). The zero-order valence-corrected chi connectivity index (χ0v) is 22.6. The maximum atomic E-state index is 15.3. The molecule has 4 atom stereocenters. The van der Waals surface area contributed by atoms with Gasteiger partial charge in [-0.1, -0.05) is 18.5 Å². The van der Waals surface area contributed by atoms with Crippen molar-refractivity contribution in [1.82, 2.24) is 19.3 Å². The first-order chi connectivity index (χ1) is 19.4. The van der Waals surface area contributed by atoms with Crippen LogP contribution in [0.1, 0.15) is 37.1 Å². The van der Waals surface area contributed by atoms with E-state index in [-0.39, 0.29) is 18.4 Å². The number of anilines is 1. The summed E-state index contributed by atoms with van der Waals surface area (Å²) in [7, 11) is 1.70. The van der Waals surface area contributed by atoms with Gasteiger partial charge in [0.25, 0.3) is 5.56 Å². The number of fused-ring (bicyclic) bond motifs is 4. The first-order valence-corrected chi connectivity index (χ1v) is 13.1. The van der Waals surface area contributed by atoms with Crippen molar-refractivity contribution in [2.75, 3.05) is 5.32 Å². The minimum Gasteiger partial charge on any atom is -0.373 e. The molecule has 2 N–H and O–H groups in total. The second-order valence-electron chi connectivity index (χ2n) is 10.00. The fourth-order valence-corrected chi connectivity index (χ4v) is 5.29. The van der Waals surface area contributed by atoms with E-state index in [0.717, 1.165) is 12.1 Å². The Morgan fingerprint density at radius 1 is 1.12 bits per heavy atom. The number of nitrogens with one attached hydrogen (secondary N) is 1. The monoisotopic (exact) mass is 593 g/mol. The largest absolute Gasteiger partial charge is 0.417 e. The van der Waals surface area contributed by atoms with Crippen molar-refractivity contribution in [2.24, 2.45) is 13.0 Å². The maximum absolute atomic E-state index is 15.3. The van der Waals surface area contributed by atoms with Crippen molar-refractivity contribution in [3.05, 3.63) is 87.4 Å². The molecule has 0 saturated heterocycles. The van der Waals surface area contributed by atoms with Crippen LogP contribution < -0.4 is 10.9 Å². The number of aromatic nitrogens is 4. The summed E-state index contributed by atoms with van der Waals surface area (Å²) in [5.74, 6) is -2.13. The summed E-state index contributed by atoms with van der Waals surface area (Å²) in [5, 5.41) is 17.3. The van der Waals surface area contributed by atoms with Gasteiger partial charge in [0, 0.05) is 42.6 Å². The summed E-state index contributed by atoms with van der Waals surface area (Å²) in [5.41, 5.74) is -1.05. The summed E-state index contributed by atoms with van der Waals surface area (Å²) in [6.07, 6.45) is -3.33. The van der Waals surface area contributed by atoms with Crippen molar-refractivity contribution < 1.29 is 27.1 Å². The van der Waals surface area contributed by atoms with Crippen LogP contribution in [0.25, 0.3) is 22.4 Å². The molecule has 216 valence electrons. The van der Waals surface area contributed by atoms with Crippen molar-refractivity contribution in [2.45, 2.75) is 44.4 Å². The predicted octanol–water partition coefficient (Wildman–Crippen LogP) is 6.21. The molecular weight excluding hydrogens is 569 g/mol. The molecule has 1 aliphatic heterocycles. The number of aliphatic hydroxyl groups is 1. The molecule has 2 unspecified atom stereocenters. The molecule has 0 amide bonds. The lowest BCUT2D eigenvalue weighted by Gasteiger charge is -2.27. The van der Waals surface area contributed by atoms with Crippen LogP contribution in [0.4, 0.5) is 27.6 Å². The topological polar surface area (TPSA) is 85.0 Å². The van der Waals surface area contributed by atoms with E-state index in [1.807, 2.05) is 0 Å². The second-order valence-corrected chi connectivity index (χ2v) is 10.4. The van der Waals surface area contributed by atoms with E-state index in [4.69, 9.17) is 11.6 Å². The van der Waals surface area contributed by atoms with Crippen LogP contribution in [-0.4, -0.2) is 36.8 Å². The maximum Gasteiger partial charge on any atom is 0.417 e. The smallest absolute Gasteiger partial charge is 0.373 e. The van der Waals surface area contributed by atoms with Crippen LogP contribution in [-0.2, 0) is 13.2 Å². The van der Waals surface area contributed by atoms with Crippen LogP contribution in [0.3, 0.4) is 0 Å². The van der Waals surface area contributed by atoms with Crippen molar-refractivity contribution in [1.29, 1.82) is 0 Å². The van der Waals surface area contributed by atoms with E-state index in [0.29, 0.717) is 28.7 Å². The van der Waals surface area contributed by atoms with Gasteiger partial charge < -0.3 is 15.0 Å². The fraction of sp³-hybridized carbons (Fsp3) is 0.321. The minimum atomic E-state index is -4.90. The third-order valence-corrected chi connectivity index (χ3v) is 7.69. The van der Waals surface area contributed by atoms with Gasteiger partial charge in [-0.25, -0.2) is 8.78 Å². The molecule has 41 heavy (non-hydrogen) atoms. The van der Waals surface area contributed by atoms with Crippen molar-refractivity contribution in [3.8, 4) is 22.4 Å². The van der Waals surface area contributed by atoms with E-state index in [1.165, 1.54) is 29.2 Å². The van der Waals surface area contributed by atoms with Crippen molar-refractivity contribution >= 4 is 17.3 Å². The first-order valence-electron chi connectivity index (χ1n) is 12.7. The number of aryl methyl sites for hydroxylation is 1. The summed E-state index contributed by atoms with van der Waals surface area (Å²) in [6.45, 7) is 1.55. The van der Waals surface area contributed by atoms with Crippen LogP contribution in [0, 0.1) is 11.7 Å². The fourth-order valence-electron chi connectivity index (χ4n) is 5.13. The first kappa shape index (κ1) is 28.7. The summed E-state index contributed by atoms with van der Waals surface area (Å²) in [4.78, 5) is 17.8. The Labute approximate surface area is 236 Å². The number of pyridine rings is 2. The van der Waals surface area contributed by atoms with E-state index < -0.39 is 58.1 Å². The second kappa shape index (κ2) is 10.9. The Morgan fingerprint density at radius 3 is 2.59 bits per heavy atom. The highest BCUT2D eigenvalue weighted by Crippen LogP contribution is 2.40. The molecule has 1 aromatic carbocycles. The molecule has 4 aromatic rings.